The zero-order chi connectivity index (χ0) is 19.6. The Bertz CT molecular complexity index is 958. The van der Waals surface area contributed by atoms with Gasteiger partial charge in [0.25, 0.3) is 0 Å². The van der Waals surface area contributed by atoms with E-state index in [1.54, 1.807) is 19.1 Å². The summed E-state index contributed by atoms with van der Waals surface area (Å²) in [5.41, 5.74) is 8.20. The van der Waals surface area contributed by atoms with Crippen LogP contribution in [0.4, 0.5) is 5.82 Å². The van der Waals surface area contributed by atoms with Gasteiger partial charge in [0.1, 0.15) is 11.6 Å². The number of nitrogens with two attached hydrogens (primary N) is 1. The van der Waals surface area contributed by atoms with E-state index in [2.05, 4.69) is 29.1 Å². The first-order valence-corrected chi connectivity index (χ1v) is 9.48. The maximum Gasteiger partial charge on any atom is 0.165 e. The van der Waals surface area contributed by atoms with Gasteiger partial charge in [-0.2, -0.15) is 0 Å². The van der Waals surface area contributed by atoms with Gasteiger partial charge < -0.3 is 16.2 Å². The molecule has 1 unspecified atom stereocenters. The van der Waals surface area contributed by atoms with E-state index < -0.39 is 0 Å². The molecule has 0 aliphatic carbocycles. The standard InChI is InChI=1S/C21H25ClN4O/c1-12(2)8-15(23)11-24-20-16-6-4-5-7-18(16)25-21(26-20)17-10-14(22)9-13(3)19(17)27/h4-7,9-10,12,15,27H,8,11,23H2,1-3H3,(H,24,25,26). The molecule has 0 fully saturated rings. The summed E-state index contributed by atoms with van der Waals surface area (Å²) in [6.45, 7) is 6.72. The number of aryl methyl sites for hydroxylation is 1. The number of rotatable bonds is 6. The Morgan fingerprint density at radius 2 is 1.93 bits per heavy atom. The number of nitrogens with one attached hydrogen (secondary N) is 1. The number of aromatic hydroxyl groups is 1. The highest BCUT2D eigenvalue weighted by Gasteiger charge is 2.15. The molecule has 1 aromatic heterocycles. The topological polar surface area (TPSA) is 84.1 Å². The molecule has 0 aliphatic heterocycles. The molecule has 1 atom stereocenters. The van der Waals surface area contributed by atoms with E-state index in [4.69, 9.17) is 17.3 Å². The lowest BCUT2D eigenvalue weighted by Crippen LogP contribution is -2.30. The quantitative estimate of drug-likeness (QED) is 0.571. The van der Waals surface area contributed by atoms with Gasteiger partial charge in [0, 0.05) is 23.0 Å². The van der Waals surface area contributed by atoms with Crippen molar-refractivity contribution in [2.24, 2.45) is 11.7 Å². The molecule has 142 valence electrons. The first kappa shape index (κ1) is 19.4. The van der Waals surface area contributed by atoms with Crippen molar-refractivity contribution in [1.29, 1.82) is 0 Å². The van der Waals surface area contributed by atoms with E-state index in [1.165, 1.54) is 0 Å². The third kappa shape index (κ3) is 4.49. The number of hydrogen-bond donors (Lipinski definition) is 3. The molecule has 3 rings (SSSR count). The number of phenolic OH excluding ortho intramolecular Hbond substituents is 1. The van der Waals surface area contributed by atoms with E-state index in [0.717, 1.165) is 17.3 Å². The lowest BCUT2D eigenvalue weighted by molar-refractivity contribution is 0.472. The smallest absolute Gasteiger partial charge is 0.165 e. The van der Waals surface area contributed by atoms with Gasteiger partial charge in [-0.25, -0.2) is 9.97 Å². The molecule has 0 saturated heterocycles. The molecule has 0 aliphatic rings. The fourth-order valence-electron chi connectivity index (χ4n) is 3.15. The fourth-order valence-corrected chi connectivity index (χ4v) is 3.43. The third-order valence-electron chi connectivity index (χ3n) is 4.42. The summed E-state index contributed by atoms with van der Waals surface area (Å²) in [4.78, 5) is 9.29. The highest BCUT2D eigenvalue weighted by atomic mass is 35.5. The van der Waals surface area contributed by atoms with E-state index in [1.807, 2.05) is 24.3 Å². The van der Waals surface area contributed by atoms with Gasteiger partial charge in [0.15, 0.2) is 5.82 Å². The van der Waals surface area contributed by atoms with Gasteiger partial charge in [-0.05, 0) is 49.1 Å². The van der Waals surface area contributed by atoms with Crippen LogP contribution in [0.1, 0.15) is 25.8 Å². The van der Waals surface area contributed by atoms with Crippen LogP contribution in [0, 0.1) is 12.8 Å². The molecule has 3 aromatic rings. The summed E-state index contributed by atoms with van der Waals surface area (Å²) in [7, 11) is 0. The largest absolute Gasteiger partial charge is 0.507 e. The van der Waals surface area contributed by atoms with Crippen LogP contribution in [0.15, 0.2) is 36.4 Å². The maximum atomic E-state index is 10.5. The van der Waals surface area contributed by atoms with Crippen LogP contribution in [0.5, 0.6) is 5.75 Å². The van der Waals surface area contributed by atoms with Crippen molar-refractivity contribution in [1.82, 2.24) is 9.97 Å². The fraction of sp³-hybridized carbons (Fsp3) is 0.333. The lowest BCUT2D eigenvalue weighted by Gasteiger charge is -2.17. The van der Waals surface area contributed by atoms with E-state index in [0.29, 0.717) is 40.3 Å². The number of fused-ring (bicyclic) bond motifs is 1. The first-order valence-electron chi connectivity index (χ1n) is 9.11. The number of hydrogen-bond acceptors (Lipinski definition) is 5. The van der Waals surface area contributed by atoms with Crippen molar-refractivity contribution in [3.05, 3.63) is 47.0 Å². The number of phenols is 1. The van der Waals surface area contributed by atoms with Gasteiger partial charge in [-0.15, -0.1) is 0 Å². The third-order valence-corrected chi connectivity index (χ3v) is 4.63. The molecule has 5 nitrogen and oxygen atoms in total. The molecule has 2 aromatic carbocycles. The molecule has 0 bridgehead atoms. The molecule has 0 saturated carbocycles. The minimum Gasteiger partial charge on any atom is -0.507 e. The second kappa shape index (κ2) is 8.11. The Morgan fingerprint density at radius 3 is 2.67 bits per heavy atom. The highest BCUT2D eigenvalue weighted by molar-refractivity contribution is 6.31. The Morgan fingerprint density at radius 1 is 1.19 bits per heavy atom. The van der Waals surface area contributed by atoms with Gasteiger partial charge in [-0.1, -0.05) is 37.6 Å². The Balaban J connectivity index is 2.03. The average molecular weight is 385 g/mol. The van der Waals surface area contributed by atoms with Crippen LogP contribution >= 0.6 is 11.6 Å². The van der Waals surface area contributed by atoms with Crippen LogP contribution in [0.2, 0.25) is 5.02 Å². The monoisotopic (exact) mass is 384 g/mol. The van der Waals surface area contributed by atoms with Crippen molar-refractivity contribution in [2.45, 2.75) is 33.2 Å². The van der Waals surface area contributed by atoms with Crippen LogP contribution in [0.25, 0.3) is 22.3 Å². The van der Waals surface area contributed by atoms with E-state index >= 15 is 0 Å². The lowest BCUT2D eigenvalue weighted by atomic mass is 10.0. The minimum absolute atomic E-state index is 0.0315. The Kier molecular flexibility index (Phi) is 5.82. The maximum absolute atomic E-state index is 10.5. The van der Waals surface area contributed by atoms with Crippen molar-refractivity contribution in [3.8, 4) is 17.1 Å². The van der Waals surface area contributed by atoms with Gasteiger partial charge in [-0.3, -0.25) is 0 Å². The molecule has 27 heavy (non-hydrogen) atoms. The van der Waals surface area contributed by atoms with Gasteiger partial charge in [0.2, 0.25) is 0 Å². The summed E-state index contributed by atoms with van der Waals surface area (Å²) in [6, 6.07) is 11.2. The number of benzene rings is 2. The number of aromatic nitrogens is 2. The normalized spacial score (nSPS) is 12.5. The van der Waals surface area contributed by atoms with E-state index in [9.17, 15) is 5.11 Å². The average Bonchev–Trinajstić information content (AvgIpc) is 2.62. The summed E-state index contributed by atoms with van der Waals surface area (Å²) in [5.74, 6) is 1.80. The molecular weight excluding hydrogens is 360 g/mol. The van der Waals surface area contributed by atoms with Crippen LogP contribution in [0.3, 0.4) is 0 Å². The minimum atomic E-state index is 0.0315. The number of para-hydroxylation sites is 1. The van der Waals surface area contributed by atoms with Crippen molar-refractivity contribution in [3.63, 3.8) is 0 Å². The zero-order valence-corrected chi connectivity index (χ0v) is 16.6. The van der Waals surface area contributed by atoms with Crippen molar-refractivity contribution >= 4 is 28.3 Å². The number of anilines is 1. The zero-order valence-electron chi connectivity index (χ0n) is 15.8. The predicted octanol–water partition coefficient (Wildman–Crippen LogP) is 4.75. The molecule has 0 amide bonds. The summed E-state index contributed by atoms with van der Waals surface area (Å²) < 4.78 is 0. The van der Waals surface area contributed by atoms with Gasteiger partial charge >= 0.3 is 0 Å². The summed E-state index contributed by atoms with van der Waals surface area (Å²) in [6.07, 6.45) is 0.928. The SMILES string of the molecule is Cc1cc(Cl)cc(-c2nc(NCC(N)CC(C)C)c3ccccc3n2)c1O. The van der Waals surface area contributed by atoms with Crippen LogP contribution in [-0.2, 0) is 0 Å². The molecule has 0 radical (unpaired) electrons. The van der Waals surface area contributed by atoms with E-state index in [-0.39, 0.29) is 11.8 Å². The molecule has 4 N–H and O–H groups in total. The van der Waals surface area contributed by atoms with Gasteiger partial charge in [0.05, 0.1) is 11.1 Å². The number of nitrogens with zero attached hydrogens (tertiary/aromatic N) is 2. The Labute approximate surface area is 164 Å². The summed E-state index contributed by atoms with van der Waals surface area (Å²) in [5, 5.41) is 15.3. The molecular formula is C21H25ClN4O. The first-order chi connectivity index (χ1) is 12.8. The van der Waals surface area contributed by atoms with Crippen LogP contribution in [-0.4, -0.2) is 27.7 Å². The second-order valence-corrected chi connectivity index (χ2v) is 7.74. The highest BCUT2D eigenvalue weighted by Crippen LogP contribution is 2.34. The van der Waals surface area contributed by atoms with Crippen molar-refractivity contribution < 1.29 is 5.11 Å². The summed E-state index contributed by atoms with van der Waals surface area (Å²) >= 11 is 6.18. The number of halogens is 1. The molecule has 0 spiro atoms. The second-order valence-electron chi connectivity index (χ2n) is 7.30. The Hall–Kier alpha value is -2.37. The molecule has 6 heteroatoms. The van der Waals surface area contributed by atoms with Crippen molar-refractivity contribution in [2.75, 3.05) is 11.9 Å². The molecule has 1 heterocycles. The van der Waals surface area contributed by atoms with Crippen LogP contribution < -0.4 is 11.1 Å². The predicted molar refractivity (Wildman–Crippen MR) is 112 cm³/mol.